The minimum atomic E-state index is -0.381. The third kappa shape index (κ3) is 5.03. The second-order valence-electron chi connectivity index (χ2n) is 7.12. The molecule has 2 saturated heterocycles. The fourth-order valence-electron chi connectivity index (χ4n) is 3.54. The number of anilines is 2. The fourth-order valence-corrected chi connectivity index (χ4v) is 3.54. The number of nitriles is 1. The number of piperidine rings is 1. The van der Waals surface area contributed by atoms with Crippen molar-refractivity contribution in [3.8, 4) is 6.07 Å². The van der Waals surface area contributed by atoms with Crippen LogP contribution < -0.4 is 15.1 Å². The lowest BCUT2D eigenvalue weighted by Crippen LogP contribution is -2.33. The number of cyclic esters (lactones) is 1. The Morgan fingerprint density at radius 2 is 1.96 bits per heavy atom. The van der Waals surface area contributed by atoms with Crippen LogP contribution in [0.1, 0.15) is 32.6 Å². The molecule has 0 spiro atoms. The van der Waals surface area contributed by atoms with Crippen molar-refractivity contribution >= 4 is 23.4 Å². The number of carbonyl (C=O) groups excluding carboxylic acids is 2. The molecule has 2 amide bonds. The van der Waals surface area contributed by atoms with Crippen molar-refractivity contribution in [2.24, 2.45) is 0 Å². The summed E-state index contributed by atoms with van der Waals surface area (Å²) in [5, 5.41) is 11.3. The highest BCUT2D eigenvalue weighted by Crippen LogP contribution is 2.27. The smallest absolute Gasteiger partial charge is 0.414 e. The van der Waals surface area contributed by atoms with Crippen molar-refractivity contribution in [2.75, 3.05) is 36.0 Å². The van der Waals surface area contributed by atoms with Gasteiger partial charge in [-0.3, -0.25) is 9.69 Å². The first-order valence-corrected chi connectivity index (χ1v) is 9.69. The Balaban J connectivity index is 1.54. The van der Waals surface area contributed by atoms with Crippen LogP contribution in [0.5, 0.6) is 0 Å². The van der Waals surface area contributed by atoms with E-state index in [1.54, 1.807) is 4.90 Å². The molecule has 3 rings (SSSR count). The van der Waals surface area contributed by atoms with Crippen LogP contribution in [-0.4, -0.2) is 44.3 Å². The summed E-state index contributed by atoms with van der Waals surface area (Å²) in [6, 6.07) is 10.1. The van der Waals surface area contributed by atoms with Gasteiger partial charge in [-0.25, -0.2) is 4.79 Å². The van der Waals surface area contributed by atoms with Crippen molar-refractivity contribution in [1.82, 2.24) is 5.32 Å². The van der Waals surface area contributed by atoms with E-state index in [4.69, 9.17) is 10.00 Å². The van der Waals surface area contributed by atoms with Gasteiger partial charge >= 0.3 is 6.09 Å². The Bertz CT molecular complexity index is 772. The third-order valence-corrected chi connectivity index (χ3v) is 5.07. The van der Waals surface area contributed by atoms with Gasteiger partial charge in [0.15, 0.2) is 0 Å². The molecule has 0 aliphatic carbocycles. The van der Waals surface area contributed by atoms with E-state index in [1.165, 1.54) is 12.5 Å². The molecule has 7 heteroatoms. The van der Waals surface area contributed by atoms with E-state index in [-0.39, 0.29) is 18.1 Å². The van der Waals surface area contributed by atoms with Crippen molar-refractivity contribution in [1.29, 1.82) is 5.26 Å². The van der Waals surface area contributed by atoms with Gasteiger partial charge < -0.3 is 15.0 Å². The van der Waals surface area contributed by atoms with Gasteiger partial charge in [0, 0.05) is 37.8 Å². The van der Waals surface area contributed by atoms with Crippen LogP contribution in [0.4, 0.5) is 16.2 Å². The molecule has 2 fully saturated rings. The minimum Gasteiger partial charge on any atom is -0.442 e. The average Bonchev–Trinajstić information content (AvgIpc) is 3.08. The van der Waals surface area contributed by atoms with Crippen LogP contribution in [0.3, 0.4) is 0 Å². The number of ether oxygens (including phenoxy) is 1. The van der Waals surface area contributed by atoms with Gasteiger partial charge in [-0.2, -0.15) is 5.26 Å². The Morgan fingerprint density at radius 1 is 1.29 bits per heavy atom. The topological polar surface area (TPSA) is 85.7 Å². The molecule has 1 aromatic rings. The van der Waals surface area contributed by atoms with Gasteiger partial charge in [0.25, 0.3) is 0 Å². The number of benzene rings is 1. The second-order valence-corrected chi connectivity index (χ2v) is 7.12. The first-order chi connectivity index (χ1) is 13.6. The van der Waals surface area contributed by atoms with Gasteiger partial charge in [0.05, 0.1) is 19.2 Å². The minimum absolute atomic E-state index is 0.136. The Morgan fingerprint density at radius 3 is 2.61 bits per heavy atom. The van der Waals surface area contributed by atoms with Gasteiger partial charge in [-0.1, -0.05) is 11.6 Å². The number of hydrogen-bond donors (Lipinski definition) is 1. The van der Waals surface area contributed by atoms with Crippen LogP contribution in [0.25, 0.3) is 0 Å². The molecule has 2 aliphatic rings. The van der Waals surface area contributed by atoms with Crippen molar-refractivity contribution in [3.05, 3.63) is 35.9 Å². The van der Waals surface area contributed by atoms with Gasteiger partial charge in [-0.05, 0) is 43.5 Å². The molecule has 0 aromatic heterocycles. The van der Waals surface area contributed by atoms with E-state index >= 15 is 0 Å². The van der Waals surface area contributed by atoms with Crippen molar-refractivity contribution in [2.45, 2.75) is 38.7 Å². The van der Waals surface area contributed by atoms with Crippen molar-refractivity contribution in [3.63, 3.8) is 0 Å². The molecular weight excluding hydrogens is 356 g/mol. The van der Waals surface area contributed by atoms with E-state index in [0.717, 1.165) is 43.7 Å². The highest BCUT2D eigenvalue weighted by molar-refractivity contribution is 5.90. The zero-order valence-corrected chi connectivity index (χ0v) is 16.2. The van der Waals surface area contributed by atoms with E-state index in [2.05, 4.69) is 22.4 Å². The molecule has 2 aliphatic heterocycles. The zero-order chi connectivity index (χ0) is 19.9. The molecule has 28 heavy (non-hydrogen) atoms. The van der Waals surface area contributed by atoms with Gasteiger partial charge in [0.1, 0.15) is 6.10 Å². The quantitative estimate of drug-likeness (QED) is 0.604. The SMILES string of the molecule is CC(=O)NCC1CN(c2ccc(N3CCC(=CCCC#N)CC3)cc2)C(=O)O1. The first-order valence-electron chi connectivity index (χ1n) is 9.69. The number of allylic oxidation sites excluding steroid dienone is 1. The second kappa shape index (κ2) is 9.27. The first kappa shape index (κ1) is 19.7. The average molecular weight is 382 g/mol. The van der Waals surface area contributed by atoms with Crippen LogP contribution in [0.2, 0.25) is 0 Å². The maximum Gasteiger partial charge on any atom is 0.414 e. The molecule has 1 atom stereocenters. The van der Waals surface area contributed by atoms with E-state index in [1.807, 2.05) is 24.3 Å². The predicted molar refractivity (Wildman–Crippen MR) is 107 cm³/mol. The number of nitrogens with one attached hydrogen (secondary N) is 1. The molecule has 2 heterocycles. The maximum absolute atomic E-state index is 12.1. The van der Waals surface area contributed by atoms with E-state index < -0.39 is 0 Å². The summed E-state index contributed by atoms with van der Waals surface area (Å²) < 4.78 is 5.31. The molecule has 7 nitrogen and oxygen atoms in total. The number of unbranched alkanes of at least 4 members (excludes halogenated alkanes) is 1. The zero-order valence-electron chi connectivity index (χ0n) is 16.2. The molecule has 1 aromatic carbocycles. The highest BCUT2D eigenvalue weighted by atomic mass is 16.6. The Kier molecular flexibility index (Phi) is 6.53. The van der Waals surface area contributed by atoms with Gasteiger partial charge in [-0.15, -0.1) is 0 Å². The third-order valence-electron chi connectivity index (χ3n) is 5.07. The maximum atomic E-state index is 12.1. The summed E-state index contributed by atoms with van der Waals surface area (Å²) in [6.45, 7) is 4.12. The number of carbonyl (C=O) groups is 2. The number of hydrogen-bond acceptors (Lipinski definition) is 5. The summed E-state index contributed by atoms with van der Waals surface area (Å²) in [5.41, 5.74) is 3.38. The monoisotopic (exact) mass is 382 g/mol. The molecule has 148 valence electrons. The summed E-state index contributed by atoms with van der Waals surface area (Å²) in [7, 11) is 0. The predicted octanol–water partition coefficient (Wildman–Crippen LogP) is 2.98. The molecule has 0 radical (unpaired) electrons. The summed E-state index contributed by atoms with van der Waals surface area (Å²) in [6.07, 6.45) is 4.97. The lowest BCUT2D eigenvalue weighted by atomic mass is 10.0. The van der Waals surface area contributed by atoms with E-state index in [0.29, 0.717) is 19.5 Å². The number of amides is 2. The molecule has 1 N–H and O–H groups in total. The van der Waals surface area contributed by atoms with Crippen LogP contribution >= 0.6 is 0 Å². The van der Waals surface area contributed by atoms with Crippen LogP contribution in [0, 0.1) is 11.3 Å². The van der Waals surface area contributed by atoms with Crippen LogP contribution in [-0.2, 0) is 9.53 Å². The van der Waals surface area contributed by atoms with E-state index in [9.17, 15) is 9.59 Å². The normalized spacial score (nSPS) is 19.2. The summed E-state index contributed by atoms with van der Waals surface area (Å²) in [4.78, 5) is 27.1. The number of rotatable bonds is 6. The molecule has 0 bridgehead atoms. The fraction of sp³-hybridized carbons (Fsp3) is 0.476. The lowest BCUT2D eigenvalue weighted by molar-refractivity contribution is -0.119. The largest absolute Gasteiger partial charge is 0.442 e. The summed E-state index contributed by atoms with van der Waals surface area (Å²) in [5.74, 6) is -0.136. The van der Waals surface area contributed by atoms with Gasteiger partial charge in [0.2, 0.25) is 5.91 Å². The Labute approximate surface area is 165 Å². The molecule has 0 saturated carbocycles. The Hall–Kier alpha value is -3.01. The molecular formula is C21H26N4O3. The van der Waals surface area contributed by atoms with Crippen LogP contribution in [0.15, 0.2) is 35.9 Å². The summed E-state index contributed by atoms with van der Waals surface area (Å²) >= 11 is 0. The van der Waals surface area contributed by atoms with Crippen molar-refractivity contribution < 1.29 is 14.3 Å². The standard InChI is InChI=1S/C21H26N4O3/c1-16(26)23-14-20-15-25(21(27)28-20)19-7-5-18(6-8-19)24-12-9-17(10-13-24)4-2-3-11-22/h4-8,20H,2-3,9-10,12-15H2,1H3,(H,23,26). The highest BCUT2D eigenvalue weighted by Gasteiger charge is 2.32. The number of nitrogens with zero attached hydrogens (tertiary/aromatic N) is 3. The molecule has 1 unspecified atom stereocenters. The lowest BCUT2D eigenvalue weighted by Gasteiger charge is -2.30.